The third kappa shape index (κ3) is 5.14. The van der Waals surface area contributed by atoms with Gasteiger partial charge in [0.15, 0.2) is 0 Å². The molecule has 1 unspecified atom stereocenters. The molecule has 0 bridgehead atoms. The fourth-order valence-corrected chi connectivity index (χ4v) is 7.98. The molecule has 0 N–H and O–H groups in total. The zero-order valence-corrected chi connectivity index (χ0v) is 26.7. The monoisotopic (exact) mass is 620 g/mol. The van der Waals surface area contributed by atoms with Crippen molar-refractivity contribution in [1.29, 1.82) is 0 Å². The van der Waals surface area contributed by atoms with Crippen molar-refractivity contribution in [3.8, 4) is 17.2 Å². The van der Waals surface area contributed by atoms with E-state index >= 15 is 0 Å². The molecule has 2 aliphatic heterocycles. The minimum absolute atomic E-state index is 0.296. The molecule has 44 heavy (non-hydrogen) atoms. The number of halogens is 1. The lowest BCUT2D eigenvalue weighted by Crippen LogP contribution is -2.42. The summed E-state index contributed by atoms with van der Waals surface area (Å²) in [6, 6.07) is 10.0. The summed E-state index contributed by atoms with van der Waals surface area (Å²) < 4.78 is 42.5. The van der Waals surface area contributed by atoms with Crippen LogP contribution < -0.4 is 5.69 Å². The highest BCUT2D eigenvalue weighted by Gasteiger charge is 2.37. The van der Waals surface area contributed by atoms with E-state index in [1.807, 2.05) is 27.7 Å². The Hall–Kier alpha value is -4.19. The average Bonchev–Trinajstić information content (AvgIpc) is 3.68. The van der Waals surface area contributed by atoms with Crippen LogP contribution in [0.2, 0.25) is 0 Å². The van der Waals surface area contributed by atoms with Gasteiger partial charge in [0, 0.05) is 48.1 Å². The minimum Gasteiger partial charge on any atom is -0.444 e. The third-order valence-electron chi connectivity index (χ3n) is 8.11. The van der Waals surface area contributed by atoms with E-state index in [1.54, 1.807) is 72.2 Å². The smallest absolute Gasteiger partial charge is 0.410 e. The van der Waals surface area contributed by atoms with Crippen molar-refractivity contribution in [3.05, 3.63) is 87.5 Å². The van der Waals surface area contributed by atoms with Crippen molar-refractivity contribution in [2.45, 2.75) is 70.9 Å². The van der Waals surface area contributed by atoms with Gasteiger partial charge in [0.25, 0.3) is 0 Å². The number of aryl methyl sites for hydroxylation is 2. The maximum absolute atomic E-state index is 14.7. The fraction of sp³-hybridized carbons (Fsp3) is 0.406. The molecule has 0 aliphatic carbocycles. The van der Waals surface area contributed by atoms with Crippen LogP contribution >= 0.6 is 0 Å². The SMILES string of the molecule is Cc1cc(-n2nc3c(c2-n2ccn(-c4ccc(S5(=O)=NCCC5)cc4)c2=O)[C@H](C)N(C(=O)OC(C)(C)C)CC3)cc(C)c1F. The molecule has 2 aromatic heterocycles. The molecule has 4 heterocycles. The number of ether oxygens (including phenoxy) is 1. The van der Waals surface area contributed by atoms with Gasteiger partial charge in [-0.05, 0) is 95.5 Å². The third-order valence-corrected chi connectivity index (χ3v) is 10.6. The second-order valence-electron chi connectivity index (χ2n) is 12.5. The van der Waals surface area contributed by atoms with Crippen molar-refractivity contribution < 1.29 is 18.1 Å². The average molecular weight is 621 g/mol. The molecule has 232 valence electrons. The number of benzene rings is 2. The summed E-state index contributed by atoms with van der Waals surface area (Å²) in [5.74, 6) is 0.716. The van der Waals surface area contributed by atoms with Gasteiger partial charge < -0.3 is 9.64 Å². The summed E-state index contributed by atoms with van der Waals surface area (Å²) in [6.45, 7) is 11.8. The highest BCUT2D eigenvalue weighted by atomic mass is 32.2. The van der Waals surface area contributed by atoms with E-state index < -0.39 is 27.5 Å². The van der Waals surface area contributed by atoms with Crippen LogP contribution in [0.5, 0.6) is 0 Å². The first-order valence-electron chi connectivity index (χ1n) is 14.8. The lowest BCUT2D eigenvalue weighted by atomic mass is 10.00. The van der Waals surface area contributed by atoms with Crippen LogP contribution in [-0.2, 0) is 20.9 Å². The van der Waals surface area contributed by atoms with E-state index in [9.17, 15) is 18.2 Å². The van der Waals surface area contributed by atoms with Gasteiger partial charge in [-0.1, -0.05) is 0 Å². The van der Waals surface area contributed by atoms with Crippen molar-refractivity contribution in [3.63, 3.8) is 0 Å². The molecular weight excluding hydrogens is 583 g/mol. The summed E-state index contributed by atoms with van der Waals surface area (Å²) >= 11 is 0. The molecule has 12 heteroatoms. The molecule has 4 aromatic rings. The van der Waals surface area contributed by atoms with Gasteiger partial charge in [-0.25, -0.2) is 27.2 Å². The van der Waals surface area contributed by atoms with Gasteiger partial charge in [-0.3, -0.25) is 9.13 Å². The van der Waals surface area contributed by atoms with Crippen LogP contribution in [0.1, 0.15) is 62.5 Å². The Balaban J connectivity index is 1.49. The topological polar surface area (TPSA) is 104 Å². The van der Waals surface area contributed by atoms with Crippen LogP contribution in [0, 0.1) is 19.7 Å². The second-order valence-corrected chi connectivity index (χ2v) is 14.9. The number of carbonyl (C=O) groups excluding carboxylic acids is 1. The van der Waals surface area contributed by atoms with Crippen molar-refractivity contribution >= 4 is 15.8 Å². The maximum Gasteiger partial charge on any atom is 0.410 e. The van der Waals surface area contributed by atoms with Crippen molar-refractivity contribution in [2.24, 2.45) is 4.36 Å². The number of carbonyl (C=O) groups is 1. The highest BCUT2D eigenvalue weighted by Crippen LogP contribution is 2.36. The van der Waals surface area contributed by atoms with E-state index in [4.69, 9.17) is 9.84 Å². The normalized spacial score (nSPS) is 20.0. The van der Waals surface area contributed by atoms with E-state index in [2.05, 4.69) is 4.36 Å². The zero-order chi connectivity index (χ0) is 31.6. The summed E-state index contributed by atoms with van der Waals surface area (Å²) in [6.07, 6.45) is 4.15. The number of aromatic nitrogens is 4. The Morgan fingerprint density at radius 1 is 1.05 bits per heavy atom. The molecule has 2 aromatic carbocycles. The van der Waals surface area contributed by atoms with Gasteiger partial charge >= 0.3 is 11.8 Å². The predicted octanol–water partition coefficient (Wildman–Crippen LogP) is 5.65. The molecule has 0 fully saturated rings. The summed E-state index contributed by atoms with van der Waals surface area (Å²) in [5.41, 5.74) is 2.58. The van der Waals surface area contributed by atoms with E-state index in [-0.39, 0.29) is 11.5 Å². The number of hydrogen-bond donors (Lipinski definition) is 0. The Morgan fingerprint density at radius 2 is 1.70 bits per heavy atom. The van der Waals surface area contributed by atoms with Crippen LogP contribution in [0.3, 0.4) is 0 Å². The predicted molar refractivity (Wildman–Crippen MR) is 166 cm³/mol. The van der Waals surface area contributed by atoms with Gasteiger partial charge in [0.05, 0.1) is 32.8 Å². The number of fused-ring (bicyclic) bond motifs is 1. The lowest BCUT2D eigenvalue weighted by molar-refractivity contribution is 0.0159. The fourth-order valence-electron chi connectivity index (χ4n) is 5.96. The quantitative estimate of drug-likeness (QED) is 0.293. The summed E-state index contributed by atoms with van der Waals surface area (Å²) in [4.78, 5) is 29.6. The Morgan fingerprint density at radius 3 is 2.32 bits per heavy atom. The van der Waals surface area contributed by atoms with Crippen molar-refractivity contribution in [2.75, 3.05) is 18.8 Å². The molecule has 0 spiro atoms. The van der Waals surface area contributed by atoms with Gasteiger partial charge in [0.2, 0.25) is 0 Å². The first-order valence-corrected chi connectivity index (χ1v) is 16.5. The summed E-state index contributed by atoms with van der Waals surface area (Å²) in [5, 5.41) is 4.92. The first-order chi connectivity index (χ1) is 20.8. The zero-order valence-electron chi connectivity index (χ0n) is 25.8. The summed E-state index contributed by atoms with van der Waals surface area (Å²) in [7, 11) is -2.41. The molecular formula is C32H37FN6O4S. The Bertz CT molecular complexity index is 1930. The molecule has 0 saturated heterocycles. The standard InChI is InChI=1S/C32H37FN6O4S/c1-20-18-24(19-21(2)28(20)33)39-29(27-22(3)36(14-12-26(27)35-39)31(41)43-32(4,5)6)38-16-15-37(30(38)40)23-8-10-25(11-9-23)44(42)17-7-13-34-44/h8-11,15-16,18-19,22H,7,12-14,17H2,1-6H3/t22-,44?/m0/s1. The van der Waals surface area contributed by atoms with E-state index in [1.165, 1.54) is 9.13 Å². The van der Waals surface area contributed by atoms with Gasteiger partial charge in [-0.15, -0.1) is 0 Å². The van der Waals surface area contributed by atoms with Gasteiger partial charge in [0.1, 0.15) is 17.2 Å². The molecule has 0 radical (unpaired) electrons. The maximum atomic E-state index is 14.7. The largest absolute Gasteiger partial charge is 0.444 e. The van der Waals surface area contributed by atoms with Crippen LogP contribution in [0.25, 0.3) is 17.2 Å². The lowest BCUT2D eigenvalue weighted by Gasteiger charge is -2.34. The molecule has 10 nitrogen and oxygen atoms in total. The van der Waals surface area contributed by atoms with Crippen molar-refractivity contribution in [1.82, 2.24) is 23.8 Å². The van der Waals surface area contributed by atoms with Crippen LogP contribution in [0.4, 0.5) is 9.18 Å². The second kappa shape index (κ2) is 10.8. The molecule has 2 aliphatic rings. The van der Waals surface area contributed by atoms with Gasteiger partial charge in [-0.2, -0.15) is 5.10 Å². The van der Waals surface area contributed by atoms with Crippen LogP contribution in [0.15, 0.2) is 62.8 Å². The van der Waals surface area contributed by atoms with E-state index in [0.29, 0.717) is 58.5 Å². The highest BCUT2D eigenvalue weighted by molar-refractivity contribution is 7.93. The molecule has 0 saturated carbocycles. The molecule has 1 amide bonds. The minimum atomic E-state index is -2.41. The van der Waals surface area contributed by atoms with Crippen LogP contribution in [-0.4, -0.2) is 58.6 Å². The number of nitrogens with zero attached hydrogens (tertiary/aromatic N) is 6. The number of imidazole rings is 1. The first kappa shape index (κ1) is 29.9. The number of rotatable bonds is 4. The molecule has 6 rings (SSSR count). The molecule has 2 atom stereocenters. The number of hydrogen-bond acceptors (Lipinski definition) is 6. The van der Waals surface area contributed by atoms with E-state index in [0.717, 1.165) is 17.7 Å². The number of amides is 1. The Kier molecular flexibility index (Phi) is 7.30. The Labute approximate surface area is 256 Å².